The van der Waals surface area contributed by atoms with Crippen LogP contribution >= 0.6 is 0 Å². The highest BCUT2D eigenvalue weighted by molar-refractivity contribution is 5.93. The van der Waals surface area contributed by atoms with Crippen molar-refractivity contribution in [3.05, 3.63) is 46.4 Å². The highest BCUT2D eigenvalue weighted by Gasteiger charge is 2.19. The lowest BCUT2D eigenvalue weighted by atomic mass is 10.2. The lowest BCUT2D eigenvalue weighted by Gasteiger charge is -2.15. The van der Waals surface area contributed by atoms with Gasteiger partial charge in [-0.1, -0.05) is 18.2 Å². The fourth-order valence-corrected chi connectivity index (χ4v) is 2.60. The number of amides is 2. The number of aromatic nitrogens is 2. The first-order valence-corrected chi connectivity index (χ1v) is 8.35. The SMILES string of the molecule is Cc1c(NC(=O)CCC(=O)N(C)CCO)c(=O)n(-c2ccccc2)n1C. The lowest BCUT2D eigenvalue weighted by Crippen LogP contribution is -2.30. The Balaban J connectivity index is 2.12. The minimum absolute atomic E-state index is 0.0150. The van der Waals surface area contributed by atoms with E-state index >= 15 is 0 Å². The summed E-state index contributed by atoms with van der Waals surface area (Å²) in [6, 6.07) is 9.13. The van der Waals surface area contributed by atoms with E-state index in [0.29, 0.717) is 11.4 Å². The topological polar surface area (TPSA) is 96.6 Å². The number of nitrogens with zero attached hydrogens (tertiary/aromatic N) is 3. The fourth-order valence-electron chi connectivity index (χ4n) is 2.60. The minimum Gasteiger partial charge on any atom is -0.395 e. The van der Waals surface area contributed by atoms with Crippen LogP contribution in [-0.4, -0.2) is 51.4 Å². The Morgan fingerprint density at radius 2 is 1.85 bits per heavy atom. The molecule has 8 heteroatoms. The van der Waals surface area contributed by atoms with Gasteiger partial charge < -0.3 is 15.3 Å². The van der Waals surface area contributed by atoms with Crippen LogP contribution in [0.2, 0.25) is 0 Å². The van der Waals surface area contributed by atoms with E-state index in [9.17, 15) is 14.4 Å². The molecule has 140 valence electrons. The quantitative estimate of drug-likeness (QED) is 0.758. The van der Waals surface area contributed by atoms with Crippen LogP contribution < -0.4 is 10.9 Å². The monoisotopic (exact) mass is 360 g/mol. The zero-order valence-corrected chi connectivity index (χ0v) is 15.2. The molecule has 0 aliphatic rings. The van der Waals surface area contributed by atoms with E-state index < -0.39 is 5.91 Å². The molecular weight excluding hydrogens is 336 g/mol. The van der Waals surface area contributed by atoms with E-state index in [0.717, 1.165) is 0 Å². The standard InChI is InChI=1S/C18H24N4O4/c1-13-17(19-15(24)9-10-16(25)20(2)11-12-23)18(26)22(21(13)3)14-7-5-4-6-8-14/h4-8,23H,9-12H2,1-3H3,(H,19,24). The number of likely N-dealkylation sites (N-methyl/N-ethyl adjacent to an activating group) is 1. The van der Waals surface area contributed by atoms with Gasteiger partial charge >= 0.3 is 0 Å². The molecule has 0 bridgehead atoms. The minimum atomic E-state index is -0.401. The molecule has 2 N–H and O–H groups in total. The number of carbonyl (C=O) groups excluding carboxylic acids is 2. The number of anilines is 1. The molecule has 1 heterocycles. The zero-order chi connectivity index (χ0) is 19.3. The van der Waals surface area contributed by atoms with E-state index in [1.54, 1.807) is 25.7 Å². The van der Waals surface area contributed by atoms with Crippen LogP contribution in [0, 0.1) is 6.92 Å². The maximum atomic E-state index is 12.7. The molecule has 1 aromatic carbocycles. The summed E-state index contributed by atoms with van der Waals surface area (Å²) in [5.41, 5.74) is 1.20. The summed E-state index contributed by atoms with van der Waals surface area (Å²) in [7, 11) is 3.31. The molecule has 2 aromatic rings. The van der Waals surface area contributed by atoms with Gasteiger partial charge in [-0.2, -0.15) is 0 Å². The van der Waals surface area contributed by atoms with Crippen LogP contribution in [-0.2, 0) is 16.6 Å². The smallest absolute Gasteiger partial charge is 0.295 e. The largest absolute Gasteiger partial charge is 0.395 e. The third-order valence-electron chi connectivity index (χ3n) is 4.25. The molecule has 0 saturated heterocycles. The van der Waals surface area contributed by atoms with Crippen molar-refractivity contribution in [2.24, 2.45) is 7.05 Å². The van der Waals surface area contributed by atoms with E-state index in [1.807, 2.05) is 30.3 Å². The van der Waals surface area contributed by atoms with Crippen molar-refractivity contribution in [1.82, 2.24) is 14.3 Å². The number of carbonyl (C=O) groups is 2. The first-order chi connectivity index (χ1) is 12.4. The van der Waals surface area contributed by atoms with Crippen molar-refractivity contribution in [3.8, 4) is 5.69 Å². The van der Waals surface area contributed by atoms with Gasteiger partial charge in [0.1, 0.15) is 5.69 Å². The Morgan fingerprint density at radius 1 is 1.19 bits per heavy atom. The van der Waals surface area contributed by atoms with E-state index in [-0.39, 0.29) is 43.1 Å². The van der Waals surface area contributed by atoms with Gasteiger partial charge in [-0.05, 0) is 19.1 Å². The molecule has 8 nitrogen and oxygen atoms in total. The molecule has 0 saturated carbocycles. The maximum absolute atomic E-state index is 12.7. The molecular formula is C18H24N4O4. The number of hydrogen-bond donors (Lipinski definition) is 2. The van der Waals surface area contributed by atoms with Gasteiger partial charge in [0.15, 0.2) is 0 Å². The molecule has 0 atom stereocenters. The molecule has 0 spiro atoms. The average Bonchev–Trinajstić information content (AvgIpc) is 2.84. The molecule has 0 radical (unpaired) electrons. The van der Waals surface area contributed by atoms with Crippen LogP contribution in [0.15, 0.2) is 35.1 Å². The summed E-state index contributed by atoms with van der Waals surface area (Å²) < 4.78 is 3.15. The Hall–Kier alpha value is -2.87. The third-order valence-corrected chi connectivity index (χ3v) is 4.25. The maximum Gasteiger partial charge on any atom is 0.295 e. The van der Waals surface area contributed by atoms with Crippen LogP contribution in [0.5, 0.6) is 0 Å². The van der Waals surface area contributed by atoms with Gasteiger partial charge in [-0.15, -0.1) is 0 Å². The predicted molar refractivity (Wildman–Crippen MR) is 98.3 cm³/mol. The van der Waals surface area contributed by atoms with Gasteiger partial charge in [0, 0.05) is 33.5 Å². The molecule has 2 rings (SSSR count). The first kappa shape index (κ1) is 19.5. The Bertz CT molecular complexity index is 839. The molecule has 1 aromatic heterocycles. The van der Waals surface area contributed by atoms with Crippen molar-refractivity contribution < 1.29 is 14.7 Å². The Morgan fingerprint density at radius 3 is 2.46 bits per heavy atom. The van der Waals surface area contributed by atoms with E-state index in [4.69, 9.17) is 5.11 Å². The van der Waals surface area contributed by atoms with Crippen molar-refractivity contribution in [3.63, 3.8) is 0 Å². The van der Waals surface area contributed by atoms with Gasteiger partial charge in [0.25, 0.3) is 5.56 Å². The number of rotatable bonds is 7. The van der Waals surface area contributed by atoms with Crippen molar-refractivity contribution in [2.75, 3.05) is 25.5 Å². The first-order valence-electron chi connectivity index (χ1n) is 8.35. The molecule has 0 aliphatic carbocycles. The molecule has 0 unspecified atom stereocenters. The number of para-hydroxylation sites is 1. The number of benzene rings is 1. The summed E-state index contributed by atoms with van der Waals surface area (Å²) in [5, 5.41) is 11.5. The van der Waals surface area contributed by atoms with Crippen molar-refractivity contribution in [1.29, 1.82) is 0 Å². The van der Waals surface area contributed by atoms with Gasteiger partial charge in [0.2, 0.25) is 11.8 Å². The van der Waals surface area contributed by atoms with Gasteiger partial charge in [-0.25, -0.2) is 4.68 Å². The molecule has 26 heavy (non-hydrogen) atoms. The number of aliphatic hydroxyl groups is 1. The van der Waals surface area contributed by atoms with Crippen LogP contribution in [0.4, 0.5) is 5.69 Å². The van der Waals surface area contributed by atoms with Crippen molar-refractivity contribution in [2.45, 2.75) is 19.8 Å². The second-order valence-electron chi connectivity index (χ2n) is 6.02. The van der Waals surface area contributed by atoms with E-state index in [1.165, 1.54) is 9.58 Å². The summed E-state index contributed by atoms with van der Waals surface area (Å²) in [6.45, 7) is 1.84. The highest BCUT2D eigenvalue weighted by atomic mass is 16.3. The average molecular weight is 360 g/mol. The van der Waals surface area contributed by atoms with Gasteiger partial charge in [-0.3, -0.25) is 19.1 Å². The zero-order valence-electron chi connectivity index (χ0n) is 15.2. The summed E-state index contributed by atoms with van der Waals surface area (Å²) in [5.74, 6) is -0.637. The summed E-state index contributed by atoms with van der Waals surface area (Å²) in [4.78, 5) is 38.1. The normalized spacial score (nSPS) is 10.6. The molecule has 0 fully saturated rings. The number of hydrogen-bond acceptors (Lipinski definition) is 4. The summed E-state index contributed by atoms with van der Waals surface area (Å²) in [6.07, 6.45) is -0.0190. The third kappa shape index (κ3) is 4.20. The number of nitrogens with one attached hydrogen (secondary N) is 1. The highest BCUT2D eigenvalue weighted by Crippen LogP contribution is 2.14. The number of aliphatic hydroxyl groups excluding tert-OH is 1. The Kier molecular flexibility index (Phi) is 6.35. The Labute approximate surface area is 151 Å². The van der Waals surface area contributed by atoms with Crippen molar-refractivity contribution >= 4 is 17.5 Å². The molecule has 0 aliphatic heterocycles. The lowest BCUT2D eigenvalue weighted by molar-refractivity contribution is -0.132. The van der Waals surface area contributed by atoms with Crippen LogP contribution in [0.1, 0.15) is 18.5 Å². The summed E-state index contributed by atoms with van der Waals surface area (Å²) >= 11 is 0. The van der Waals surface area contributed by atoms with Crippen LogP contribution in [0.3, 0.4) is 0 Å². The van der Waals surface area contributed by atoms with Crippen LogP contribution in [0.25, 0.3) is 5.69 Å². The predicted octanol–water partition coefficient (Wildman–Crippen LogP) is 0.654. The second-order valence-corrected chi connectivity index (χ2v) is 6.02. The molecule has 2 amide bonds. The second kappa shape index (κ2) is 8.48. The fraction of sp³-hybridized carbons (Fsp3) is 0.389. The van der Waals surface area contributed by atoms with E-state index in [2.05, 4.69) is 5.32 Å². The van der Waals surface area contributed by atoms with Gasteiger partial charge in [0.05, 0.1) is 18.0 Å².